The number of benzene rings is 2. The Morgan fingerprint density at radius 2 is 1.60 bits per heavy atom. The van der Waals surface area contributed by atoms with Gasteiger partial charge in [-0.15, -0.1) is 23.1 Å². The minimum absolute atomic E-state index is 1.09. The van der Waals surface area contributed by atoms with Gasteiger partial charge in [-0.05, 0) is 30.9 Å². The fourth-order valence-corrected chi connectivity index (χ4v) is 3.51. The van der Waals surface area contributed by atoms with Crippen LogP contribution in [0.3, 0.4) is 0 Å². The number of thioether (sulfide) groups is 1. The molecule has 1 aromatic heterocycles. The Morgan fingerprint density at radius 3 is 2.25 bits per heavy atom. The molecule has 100 valence electrons. The maximum atomic E-state index is 4.72. The highest BCUT2D eigenvalue weighted by molar-refractivity contribution is 7.98. The van der Waals surface area contributed by atoms with Crippen LogP contribution >= 0.6 is 23.1 Å². The average Bonchev–Trinajstić information content (AvgIpc) is 2.90. The average molecular weight is 297 g/mol. The lowest BCUT2D eigenvalue weighted by atomic mass is 10.1. The van der Waals surface area contributed by atoms with Crippen molar-refractivity contribution in [1.82, 2.24) is 4.98 Å². The molecular weight excluding hydrogens is 282 g/mol. The van der Waals surface area contributed by atoms with Crippen LogP contribution in [0.4, 0.5) is 0 Å². The van der Waals surface area contributed by atoms with Crippen LogP contribution in [0, 0.1) is 6.92 Å². The molecule has 3 rings (SSSR count). The van der Waals surface area contributed by atoms with Gasteiger partial charge in [0.25, 0.3) is 0 Å². The van der Waals surface area contributed by atoms with Crippen molar-refractivity contribution < 1.29 is 0 Å². The van der Waals surface area contributed by atoms with Crippen molar-refractivity contribution in [2.45, 2.75) is 11.8 Å². The van der Waals surface area contributed by atoms with Crippen LogP contribution in [0.1, 0.15) is 5.01 Å². The molecule has 3 heteroatoms. The van der Waals surface area contributed by atoms with Gasteiger partial charge in [0.15, 0.2) is 0 Å². The first-order chi connectivity index (χ1) is 9.78. The predicted molar refractivity (Wildman–Crippen MR) is 89.5 cm³/mol. The van der Waals surface area contributed by atoms with Crippen LogP contribution in [0.15, 0.2) is 59.5 Å². The Morgan fingerprint density at radius 1 is 0.900 bits per heavy atom. The summed E-state index contributed by atoms with van der Waals surface area (Å²) < 4.78 is 0. The van der Waals surface area contributed by atoms with E-state index < -0.39 is 0 Å². The second kappa shape index (κ2) is 5.81. The third-order valence-corrected chi connectivity index (χ3v) is 4.90. The molecule has 2 aromatic carbocycles. The first-order valence-electron chi connectivity index (χ1n) is 6.45. The molecule has 20 heavy (non-hydrogen) atoms. The number of rotatable bonds is 3. The van der Waals surface area contributed by atoms with Gasteiger partial charge in [-0.1, -0.05) is 42.5 Å². The summed E-state index contributed by atoms with van der Waals surface area (Å²) in [6, 6.07) is 19.1. The highest BCUT2D eigenvalue weighted by Gasteiger charge is 2.12. The van der Waals surface area contributed by atoms with E-state index in [0.29, 0.717) is 0 Å². The maximum absolute atomic E-state index is 4.72. The number of aromatic nitrogens is 1. The van der Waals surface area contributed by atoms with Crippen molar-refractivity contribution in [3.8, 4) is 21.7 Å². The van der Waals surface area contributed by atoms with Gasteiger partial charge in [0, 0.05) is 10.5 Å². The van der Waals surface area contributed by atoms with Gasteiger partial charge in [0.1, 0.15) is 0 Å². The second-order valence-corrected chi connectivity index (χ2v) is 6.59. The van der Waals surface area contributed by atoms with Crippen LogP contribution in [0.25, 0.3) is 21.7 Å². The zero-order chi connectivity index (χ0) is 13.9. The van der Waals surface area contributed by atoms with Crippen LogP contribution in [-0.4, -0.2) is 11.2 Å². The molecule has 0 fully saturated rings. The summed E-state index contributed by atoms with van der Waals surface area (Å²) in [5.74, 6) is 0. The van der Waals surface area contributed by atoms with E-state index in [1.165, 1.54) is 20.9 Å². The highest BCUT2D eigenvalue weighted by Crippen LogP contribution is 2.36. The fraction of sp³-hybridized carbons (Fsp3) is 0.118. The molecule has 0 saturated carbocycles. The Kier molecular flexibility index (Phi) is 3.90. The lowest BCUT2D eigenvalue weighted by Crippen LogP contribution is -1.82. The number of aryl methyl sites for hydroxylation is 1. The van der Waals surface area contributed by atoms with Crippen molar-refractivity contribution in [3.63, 3.8) is 0 Å². The molecule has 1 heterocycles. The molecule has 0 bridgehead atoms. The number of hydrogen-bond acceptors (Lipinski definition) is 3. The number of hydrogen-bond donors (Lipinski definition) is 0. The molecule has 0 atom stereocenters. The zero-order valence-corrected chi connectivity index (χ0v) is 13.1. The molecular formula is C17H15NS2. The molecule has 0 aliphatic rings. The summed E-state index contributed by atoms with van der Waals surface area (Å²) in [4.78, 5) is 7.25. The molecule has 0 saturated heterocycles. The van der Waals surface area contributed by atoms with E-state index in [2.05, 4.69) is 61.7 Å². The highest BCUT2D eigenvalue weighted by atomic mass is 32.2. The molecule has 0 amide bonds. The van der Waals surface area contributed by atoms with Gasteiger partial charge in [0.2, 0.25) is 0 Å². The van der Waals surface area contributed by atoms with Crippen molar-refractivity contribution in [2.24, 2.45) is 0 Å². The van der Waals surface area contributed by atoms with Crippen molar-refractivity contribution in [2.75, 3.05) is 6.26 Å². The Bertz CT molecular complexity index is 700. The molecule has 0 spiro atoms. The van der Waals surface area contributed by atoms with E-state index in [1.807, 2.05) is 6.07 Å². The van der Waals surface area contributed by atoms with Gasteiger partial charge in [-0.3, -0.25) is 0 Å². The number of nitrogens with zero attached hydrogens (tertiary/aromatic N) is 1. The van der Waals surface area contributed by atoms with Gasteiger partial charge in [-0.25, -0.2) is 4.98 Å². The summed E-state index contributed by atoms with van der Waals surface area (Å²) in [6.07, 6.45) is 2.09. The van der Waals surface area contributed by atoms with Crippen molar-refractivity contribution >= 4 is 23.1 Å². The maximum Gasteiger partial charge on any atom is 0.0908 e. The lowest BCUT2D eigenvalue weighted by Gasteiger charge is -2.04. The monoisotopic (exact) mass is 297 g/mol. The Labute approximate surface area is 127 Å². The van der Waals surface area contributed by atoms with Crippen LogP contribution < -0.4 is 0 Å². The summed E-state index contributed by atoms with van der Waals surface area (Å²) in [5.41, 5.74) is 3.51. The first kappa shape index (κ1) is 13.4. The summed E-state index contributed by atoms with van der Waals surface area (Å²) in [5, 5.41) is 1.10. The topological polar surface area (TPSA) is 12.9 Å². The molecule has 3 aromatic rings. The Hall–Kier alpha value is -1.58. The summed E-state index contributed by atoms with van der Waals surface area (Å²) in [7, 11) is 0. The van der Waals surface area contributed by atoms with Crippen LogP contribution in [0.5, 0.6) is 0 Å². The quantitative estimate of drug-likeness (QED) is 0.591. The minimum atomic E-state index is 1.09. The fourth-order valence-electron chi connectivity index (χ4n) is 2.16. The summed E-state index contributed by atoms with van der Waals surface area (Å²) in [6.45, 7) is 2.07. The van der Waals surface area contributed by atoms with Gasteiger partial charge in [-0.2, -0.15) is 0 Å². The van der Waals surface area contributed by atoms with E-state index in [-0.39, 0.29) is 0 Å². The van der Waals surface area contributed by atoms with Gasteiger partial charge >= 0.3 is 0 Å². The van der Waals surface area contributed by atoms with Crippen LogP contribution in [-0.2, 0) is 0 Å². The second-order valence-electron chi connectivity index (χ2n) is 4.51. The molecule has 0 N–H and O–H groups in total. The molecule has 0 aliphatic carbocycles. The standard InChI is InChI=1S/C17H15NS2/c1-12-18-16(13-8-10-15(19-2)11-9-13)17(20-12)14-6-4-3-5-7-14/h3-11H,1-2H3. The third kappa shape index (κ3) is 2.65. The van der Waals surface area contributed by atoms with Gasteiger partial charge < -0.3 is 0 Å². The smallest absolute Gasteiger partial charge is 0.0908 e. The first-order valence-corrected chi connectivity index (χ1v) is 8.49. The van der Waals surface area contributed by atoms with E-state index in [4.69, 9.17) is 4.98 Å². The number of thiazole rings is 1. The van der Waals surface area contributed by atoms with E-state index >= 15 is 0 Å². The molecule has 0 aliphatic heterocycles. The van der Waals surface area contributed by atoms with E-state index in [9.17, 15) is 0 Å². The van der Waals surface area contributed by atoms with Gasteiger partial charge in [0.05, 0.1) is 15.6 Å². The lowest BCUT2D eigenvalue weighted by molar-refractivity contribution is 1.29. The van der Waals surface area contributed by atoms with Crippen molar-refractivity contribution in [3.05, 3.63) is 59.6 Å². The molecule has 0 radical (unpaired) electrons. The predicted octanol–water partition coefficient (Wildman–Crippen LogP) is 5.51. The molecule has 0 unspecified atom stereocenters. The molecule has 1 nitrogen and oxygen atoms in total. The Balaban J connectivity index is 2.09. The normalized spacial score (nSPS) is 10.7. The van der Waals surface area contributed by atoms with E-state index in [0.717, 1.165) is 10.7 Å². The third-order valence-electron chi connectivity index (χ3n) is 3.13. The van der Waals surface area contributed by atoms with Crippen molar-refractivity contribution in [1.29, 1.82) is 0 Å². The van der Waals surface area contributed by atoms with E-state index in [1.54, 1.807) is 23.1 Å². The van der Waals surface area contributed by atoms with Crippen LogP contribution in [0.2, 0.25) is 0 Å². The minimum Gasteiger partial charge on any atom is -0.241 e. The summed E-state index contributed by atoms with van der Waals surface area (Å²) >= 11 is 3.52. The largest absolute Gasteiger partial charge is 0.241 e. The SMILES string of the molecule is CSc1ccc(-c2nc(C)sc2-c2ccccc2)cc1. The zero-order valence-electron chi connectivity index (χ0n) is 11.5.